The van der Waals surface area contributed by atoms with Crippen LogP contribution in [-0.4, -0.2) is 29.0 Å². The Morgan fingerprint density at radius 1 is 1.40 bits per heavy atom. The largest absolute Gasteiger partial charge is 0.357 e. The Morgan fingerprint density at radius 2 is 2.20 bits per heavy atom. The van der Waals surface area contributed by atoms with Gasteiger partial charge in [-0.3, -0.25) is 10.1 Å². The van der Waals surface area contributed by atoms with Gasteiger partial charge in [0, 0.05) is 37.0 Å². The Morgan fingerprint density at radius 3 is 2.84 bits per heavy atom. The van der Waals surface area contributed by atoms with Crippen LogP contribution in [0, 0.1) is 17.0 Å². The van der Waals surface area contributed by atoms with E-state index in [9.17, 15) is 10.1 Å². The maximum atomic E-state index is 10.8. The van der Waals surface area contributed by atoms with Gasteiger partial charge in [-0.1, -0.05) is 12.1 Å². The average Bonchev–Trinajstić information content (AvgIpc) is 2.98. The molecule has 0 unspecified atom stereocenters. The highest BCUT2D eigenvalue weighted by Gasteiger charge is 2.06. The summed E-state index contributed by atoms with van der Waals surface area (Å²) in [4.78, 5) is 19.3. The van der Waals surface area contributed by atoms with Crippen molar-refractivity contribution in [1.29, 1.82) is 0 Å². The number of non-ortho nitro benzene ring substituents is 1. The van der Waals surface area contributed by atoms with Gasteiger partial charge in [-0.2, -0.15) is 0 Å². The molecule has 2 rings (SSSR count). The highest BCUT2D eigenvalue weighted by molar-refractivity contribution is 14.0. The molecule has 0 aliphatic heterocycles. The van der Waals surface area contributed by atoms with Crippen LogP contribution >= 0.6 is 35.3 Å². The maximum Gasteiger partial charge on any atom is 0.269 e. The number of nitrogens with zero attached hydrogens (tertiary/aromatic N) is 3. The Kier molecular flexibility index (Phi) is 9.35. The molecular weight excluding hydrogens is 453 g/mol. The predicted molar refractivity (Wildman–Crippen MR) is 112 cm³/mol. The molecule has 0 aliphatic rings. The van der Waals surface area contributed by atoms with E-state index in [0.29, 0.717) is 12.5 Å². The molecule has 0 saturated carbocycles. The van der Waals surface area contributed by atoms with E-state index in [1.807, 2.05) is 19.9 Å². The lowest BCUT2D eigenvalue weighted by Crippen LogP contribution is -2.38. The molecule has 2 aromatic rings. The number of nitro benzene ring substituents is 1. The molecule has 1 aromatic heterocycles. The number of halogens is 1. The van der Waals surface area contributed by atoms with Crippen molar-refractivity contribution in [2.75, 3.05) is 13.1 Å². The zero-order chi connectivity index (χ0) is 17.4. The molecule has 0 spiro atoms. The summed E-state index contributed by atoms with van der Waals surface area (Å²) < 4.78 is 0. The molecule has 0 bridgehead atoms. The number of nitrogens with one attached hydrogen (secondary N) is 2. The summed E-state index contributed by atoms with van der Waals surface area (Å²) >= 11 is 1.64. The van der Waals surface area contributed by atoms with E-state index in [-0.39, 0.29) is 29.7 Å². The molecule has 0 atom stereocenters. The molecule has 0 radical (unpaired) electrons. The van der Waals surface area contributed by atoms with Gasteiger partial charge >= 0.3 is 0 Å². The van der Waals surface area contributed by atoms with Gasteiger partial charge in [0.05, 0.1) is 22.2 Å². The van der Waals surface area contributed by atoms with Gasteiger partial charge in [-0.25, -0.2) is 9.98 Å². The van der Waals surface area contributed by atoms with E-state index in [1.165, 1.54) is 6.07 Å². The van der Waals surface area contributed by atoms with E-state index in [1.54, 1.807) is 23.5 Å². The van der Waals surface area contributed by atoms with Crippen molar-refractivity contribution in [3.05, 3.63) is 56.0 Å². The van der Waals surface area contributed by atoms with Crippen LogP contribution < -0.4 is 10.6 Å². The van der Waals surface area contributed by atoms with Gasteiger partial charge in [0.1, 0.15) is 0 Å². The summed E-state index contributed by atoms with van der Waals surface area (Å²) in [6.45, 7) is 5.84. The number of guanidine groups is 1. The topological polar surface area (TPSA) is 92.5 Å². The number of rotatable bonds is 7. The van der Waals surface area contributed by atoms with Crippen molar-refractivity contribution >= 4 is 47.0 Å². The first kappa shape index (κ1) is 21.3. The number of thiazole rings is 1. The Balaban J connectivity index is 0.00000312. The summed E-state index contributed by atoms with van der Waals surface area (Å²) in [5.41, 5.74) is 1.95. The average molecular weight is 475 g/mol. The molecule has 0 aliphatic carbocycles. The van der Waals surface area contributed by atoms with E-state index < -0.39 is 4.92 Å². The number of benzene rings is 1. The van der Waals surface area contributed by atoms with Gasteiger partial charge in [0.2, 0.25) is 0 Å². The SMILES string of the molecule is CCNC(=NCc1cccc([N+](=O)[O-])c1)NCCc1csc(C)n1.I. The summed E-state index contributed by atoms with van der Waals surface area (Å²) in [6, 6.07) is 6.53. The van der Waals surface area contributed by atoms with Crippen LogP contribution in [0.4, 0.5) is 5.69 Å². The third-order valence-electron chi connectivity index (χ3n) is 3.23. The van der Waals surface area contributed by atoms with Gasteiger partial charge in [-0.05, 0) is 19.4 Å². The van der Waals surface area contributed by atoms with Crippen LogP contribution in [0.15, 0.2) is 34.6 Å². The van der Waals surface area contributed by atoms with Gasteiger partial charge in [0.15, 0.2) is 5.96 Å². The molecule has 2 N–H and O–H groups in total. The van der Waals surface area contributed by atoms with Crippen LogP contribution in [0.1, 0.15) is 23.2 Å². The molecule has 1 heterocycles. The number of aryl methyl sites for hydroxylation is 1. The van der Waals surface area contributed by atoms with Crippen molar-refractivity contribution in [2.24, 2.45) is 4.99 Å². The maximum absolute atomic E-state index is 10.8. The minimum absolute atomic E-state index is 0. The second-order valence-corrected chi connectivity index (χ2v) is 6.22. The number of hydrogen-bond acceptors (Lipinski definition) is 5. The van der Waals surface area contributed by atoms with Crippen LogP contribution in [0.3, 0.4) is 0 Å². The normalized spacial score (nSPS) is 10.9. The fourth-order valence-corrected chi connectivity index (χ4v) is 2.76. The second kappa shape index (κ2) is 11.0. The summed E-state index contributed by atoms with van der Waals surface area (Å²) in [5, 5.41) is 20.4. The van der Waals surface area contributed by atoms with Crippen molar-refractivity contribution in [2.45, 2.75) is 26.8 Å². The van der Waals surface area contributed by atoms with Crippen LogP contribution in [0.25, 0.3) is 0 Å². The standard InChI is InChI=1S/C16H21N5O2S.HI/c1-3-17-16(18-8-7-14-11-24-12(2)20-14)19-10-13-5-4-6-15(9-13)21(22)23;/h4-6,9,11H,3,7-8,10H2,1-2H3,(H2,17,18,19);1H. The molecule has 25 heavy (non-hydrogen) atoms. The van der Waals surface area contributed by atoms with E-state index in [4.69, 9.17) is 0 Å². The minimum Gasteiger partial charge on any atom is -0.357 e. The molecule has 0 amide bonds. The first-order chi connectivity index (χ1) is 11.6. The van der Waals surface area contributed by atoms with Gasteiger partial charge in [0.25, 0.3) is 5.69 Å². The van der Waals surface area contributed by atoms with E-state index in [2.05, 4.69) is 26.0 Å². The quantitative estimate of drug-likeness (QED) is 0.211. The summed E-state index contributed by atoms with van der Waals surface area (Å²) in [6.07, 6.45) is 0.825. The summed E-state index contributed by atoms with van der Waals surface area (Å²) in [5.74, 6) is 0.691. The summed E-state index contributed by atoms with van der Waals surface area (Å²) in [7, 11) is 0. The van der Waals surface area contributed by atoms with E-state index in [0.717, 1.165) is 35.8 Å². The first-order valence-corrected chi connectivity index (χ1v) is 8.63. The number of hydrogen-bond donors (Lipinski definition) is 2. The monoisotopic (exact) mass is 475 g/mol. The zero-order valence-corrected chi connectivity index (χ0v) is 17.3. The van der Waals surface area contributed by atoms with Crippen LogP contribution in [0.2, 0.25) is 0 Å². The number of aromatic nitrogens is 1. The third kappa shape index (κ3) is 7.34. The Labute approximate surface area is 168 Å². The molecule has 1 aromatic carbocycles. The first-order valence-electron chi connectivity index (χ1n) is 7.75. The van der Waals surface area contributed by atoms with Crippen LogP contribution in [-0.2, 0) is 13.0 Å². The van der Waals surface area contributed by atoms with Crippen molar-refractivity contribution in [3.63, 3.8) is 0 Å². The lowest BCUT2D eigenvalue weighted by Gasteiger charge is -2.10. The lowest BCUT2D eigenvalue weighted by molar-refractivity contribution is -0.384. The van der Waals surface area contributed by atoms with Crippen molar-refractivity contribution in [3.8, 4) is 0 Å². The Hall–Kier alpha value is -1.75. The molecule has 0 fully saturated rings. The number of aliphatic imine (C=N–C) groups is 1. The fourth-order valence-electron chi connectivity index (χ4n) is 2.11. The van der Waals surface area contributed by atoms with Gasteiger partial charge < -0.3 is 10.6 Å². The predicted octanol–water partition coefficient (Wildman–Crippen LogP) is 3.28. The lowest BCUT2D eigenvalue weighted by atomic mass is 10.2. The molecule has 0 saturated heterocycles. The fraction of sp³-hybridized carbons (Fsp3) is 0.375. The molecule has 9 heteroatoms. The second-order valence-electron chi connectivity index (χ2n) is 5.16. The van der Waals surface area contributed by atoms with E-state index >= 15 is 0 Å². The molecular formula is C16H22IN5O2S. The Bertz CT molecular complexity index is 720. The molecule has 136 valence electrons. The van der Waals surface area contributed by atoms with Crippen molar-refractivity contribution in [1.82, 2.24) is 15.6 Å². The minimum atomic E-state index is -0.396. The number of nitro groups is 1. The zero-order valence-electron chi connectivity index (χ0n) is 14.2. The van der Waals surface area contributed by atoms with Crippen LogP contribution in [0.5, 0.6) is 0 Å². The highest BCUT2D eigenvalue weighted by atomic mass is 127. The van der Waals surface area contributed by atoms with Gasteiger partial charge in [-0.15, -0.1) is 35.3 Å². The highest BCUT2D eigenvalue weighted by Crippen LogP contribution is 2.13. The smallest absolute Gasteiger partial charge is 0.269 e. The van der Waals surface area contributed by atoms with Crippen molar-refractivity contribution < 1.29 is 4.92 Å². The molecule has 7 nitrogen and oxygen atoms in total. The third-order valence-corrected chi connectivity index (χ3v) is 4.05.